The Morgan fingerprint density at radius 2 is 2.13 bits per heavy atom. The van der Waals surface area contributed by atoms with Crippen LogP contribution in [0.3, 0.4) is 0 Å². The lowest BCUT2D eigenvalue weighted by Crippen LogP contribution is -2.26. The van der Waals surface area contributed by atoms with Crippen LogP contribution in [0, 0.1) is 22.7 Å². The summed E-state index contributed by atoms with van der Waals surface area (Å²) in [7, 11) is 0. The SMILES string of the molecule is CCc1nnc(SCC(=O)Nc2sc3c(c2C#N)CCC(C(C)(C)C)C3)n1C(C)C. The molecule has 162 valence electrons. The van der Waals surface area contributed by atoms with E-state index in [4.69, 9.17) is 0 Å². The van der Waals surface area contributed by atoms with Crippen molar-refractivity contribution in [2.45, 2.75) is 78.4 Å². The molecule has 2 aromatic heterocycles. The zero-order valence-electron chi connectivity index (χ0n) is 18.7. The monoisotopic (exact) mass is 445 g/mol. The van der Waals surface area contributed by atoms with Gasteiger partial charge in [0.25, 0.3) is 0 Å². The predicted octanol–water partition coefficient (Wildman–Crippen LogP) is 5.24. The smallest absolute Gasteiger partial charge is 0.235 e. The summed E-state index contributed by atoms with van der Waals surface area (Å²) in [5.41, 5.74) is 2.04. The molecule has 0 bridgehead atoms. The molecule has 1 amide bonds. The minimum atomic E-state index is -0.112. The van der Waals surface area contributed by atoms with E-state index >= 15 is 0 Å². The number of hydrogen-bond donors (Lipinski definition) is 1. The zero-order chi connectivity index (χ0) is 22.1. The first-order valence-electron chi connectivity index (χ1n) is 10.6. The van der Waals surface area contributed by atoms with Crippen LogP contribution in [-0.4, -0.2) is 26.4 Å². The number of hydrogen-bond acceptors (Lipinski definition) is 6. The number of aryl methyl sites for hydroxylation is 1. The summed E-state index contributed by atoms with van der Waals surface area (Å²) in [6, 6.07) is 2.58. The highest BCUT2D eigenvalue weighted by atomic mass is 32.2. The Morgan fingerprint density at radius 3 is 2.73 bits per heavy atom. The first-order chi connectivity index (χ1) is 14.2. The van der Waals surface area contributed by atoms with Crippen LogP contribution < -0.4 is 5.32 Å². The van der Waals surface area contributed by atoms with Gasteiger partial charge in [0.15, 0.2) is 5.16 Å². The van der Waals surface area contributed by atoms with Gasteiger partial charge in [-0.2, -0.15) is 5.26 Å². The molecule has 0 saturated heterocycles. The molecule has 0 aromatic carbocycles. The van der Waals surface area contributed by atoms with E-state index in [-0.39, 0.29) is 23.1 Å². The maximum Gasteiger partial charge on any atom is 0.235 e. The van der Waals surface area contributed by atoms with Crippen LogP contribution >= 0.6 is 23.1 Å². The first kappa shape index (κ1) is 22.8. The van der Waals surface area contributed by atoms with Gasteiger partial charge in [-0.05, 0) is 50.0 Å². The van der Waals surface area contributed by atoms with Gasteiger partial charge in [-0.3, -0.25) is 4.79 Å². The molecule has 0 spiro atoms. The largest absolute Gasteiger partial charge is 0.316 e. The van der Waals surface area contributed by atoms with E-state index in [9.17, 15) is 10.1 Å². The van der Waals surface area contributed by atoms with Gasteiger partial charge in [-0.25, -0.2) is 0 Å². The Kier molecular flexibility index (Phi) is 6.93. The molecule has 0 aliphatic heterocycles. The third kappa shape index (κ3) is 4.73. The molecule has 6 nitrogen and oxygen atoms in total. The lowest BCUT2D eigenvalue weighted by Gasteiger charge is -2.33. The van der Waals surface area contributed by atoms with Gasteiger partial charge in [-0.1, -0.05) is 39.5 Å². The number of nitrogens with zero attached hydrogens (tertiary/aromatic N) is 4. The van der Waals surface area contributed by atoms with E-state index in [1.54, 1.807) is 11.3 Å². The molecule has 0 saturated carbocycles. The molecule has 1 N–H and O–H groups in total. The lowest BCUT2D eigenvalue weighted by molar-refractivity contribution is -0.113. The summed E-state index contributed by atoms with van der Waals surface area (Å²) in [6.45, 7) is 13.1. The number of nitriles is 1. The molecule has 30 heavy (non-hydrogen) atoms. The first-order valence-corrected chi connectivity index (χ1v) is 12.4. The fourth-order valence-electron chi connectivity index (χ4n) is 3.99. The molecular weight excluding hydrogens is 414 g/mol. The van der Waals surface area contributed by atoms with Gasteiger partial charge in [0.2, 0.25) is 5.91 Å². The Hall–Kier alpha value is -1.85. The minimum Gasteiger partial charge on any atom is -0.316 e. The number of rotatable bonds is 6. The number of anilines is 1. The Labute approximate surface area is 187 Å². The number of fused-ring (bicyclic) bond motifs is 1. The van der Waals surface area contributed by atoms with E-state index in [1.807, 2.05) is 0 Å². The van der Waals surface area contributed by atoms with E-state index in [0.29, 0.717) is 16.5 Å². The topological polar surface area (TPSA) is 83.6 Å². The van der Waals surface area contributed by atoms with Crippen molar-refractivity contribution in [3.63, 3.8) is 0 Å². The van der Waals surface area contributed by atoms with Gasteiger partial charge in [-0.15, -0.1) is 21.5 Å². The van der Waals surface area contributed by atoms with Gasteiger partial charge in [0.1, 0.15) is 16.9 Å². The number of aromatic nitrogens is 3. The fourth-order valence-corrected chi connectivity index (χ4v) is 6.17. The number of amides is 1. The molecule has 0 radical (unpaired) electrons. The number of thioether (sulfide) groups is 1. The van der Waals surface area contributed by atoms with E-state index < -0.39 is 0 Å². The van der Waals surface area contributed by atoms with Crippen molar-refractivity contribution in [1.82, 2.24) is 14.8 Å². The van der Waals surface area contributed by atoms with Crippen molar-refractivity contribution in [2.75, 3.05) is 11.1 Å². The quantitative estimate of drug-likeness (QED) is 0.615. The number of nitrogens with one attached hydrogen (secondary N) is 1. The van der Waals surface area contributed by atoms with Gasteiger partial charge in [0.05, 0.1) is 11.3 Å². The van der Waals surface area contributed by atoms with Crippen molar-refractivity contribution in [2.24, 2.45) is 11.3 Å². The Morgan fingerprint density at radius 1 is 1.40 bits per heavy atom. The molecule has 0 fully saturated rings. The van der Waals surface area contributed by atoms with Crippen molar-refractivity contribution >= 4 is 34.0 Å². The van der Waals surface area contributed by atoms with E-state index in [0.717, 1.165) is 42.2 Å². The van der Waals surface area contributed by atoms with Crippen LogP contribution in [0.1, 0.15) is 75.8 Å². The van der Waals surface area contributed by atoms with Crippen LogP contribution in [0.25, 0.3) is 0 Å². The summed E-state index contributed by atoms with van der Waals surface area (Å²) >= 11 is 2.97. The Balaban J connectivity index is 1.70. The molecule has 1 atom stereocenters. The zero-order valence-corrected chi connectivity index (χ0v) is 20.3. The maximum atomic E-state index is 12.7. The van der Waals surface area contributed by atoms with Crippen LogP contribution in [0.15, 0.2) is 5.16 Å². The van der Waals surface area contributed by atoms with Crippen molar-refractivity contribution < 1.29 is 4.79 Å². The van der Waals surface area contributed by atoms with Crippen LogP contribution in [0.5, 0.6) is 0 Å². The second kappa shape index (κ2) is 9.11. The highest BCUT2D eigenvalue weighted by Crippen LogP contribution is 2.44. The van der Waals surface area contributed by atoms with Gasteiger partial charge < -0.3 is 9.88 Å². The molecule has 1 aliphatic carbocycles. The van der Waals surface area contributed by atoms with E-state index in [2.05, 4.69) is 67.7 Å². The average Bonchev–Trinajstić information content (AvgIpc) is 3.25. The molecule has 1 unspecified atom stereocenters. The number of carbonyl (C=O) groups is 1. The maximum absolute atomic E-state index is 12.7. The molecule has 2 aromatic rings. The van der Waals surface area contributed by atoms with Crippen molar-refractivity contribution in [1.29, 1.82) is 5.26 Å². The normalized spacial score (nSPS) is 16.4. The Bertz CT molecular complexity index is 962. The average molecular weight is 446 g/mol. The second-order valence-corrected chi connectivity index (χ2v) is 11.2. The summed E-state index contributed by atoms with van der Waals surface area (Å²) in [4.78, 5) is 13.9. The standard InChI is InChI=1S/C22H31N5OS2/c1-7-18-25-26-21(27(18)13(2)3)29-12-19(28)24-20-16(11-23)15-9-8-14(22(4,5)6)10-17(15)30-20/h13-14H,7-10,12H2,1-6H3,(H,24,28). The minimum absolute atomic E-state index is 0.112. The van der Waals surface area contributed by atoms with Crippen molar-refractivity contribution in [3.05, 3.63) is 21.8 Å². The van der Waals surface area contributed by atoms with Crippen LogP contribution in [-0.2, 0) is 24.1 Å². The van der Waals surface area contributed by atoms with Crippen molar-refractivity contribution in [3.8, 4) is 6.07 Å². The summed E-state index contributed by atoms with van der Waals surface area (Å²) in [5.74, 6) is 1.66. The molecule has 2 heterocycles. The summed E-state index contributed by atoms with van der Waals surface area (Å²) in [5, 5.41) is 22.7. The number of thiophene rings is 1. The van der Waals surface area contributed by atoms with Gasteiger partial charge >= 0.3 is 0 Å². The summed E-state index contributed by atoms with van der Waals surface area (Å²) in [6.07, 6.45) is 3.80. The third-order valence-electron chi connectivity index (χ3n) is 5.75. The predicted molar refractivity (Wildman–Crippen MR) is 123 cm³/mol. The molecular formula is C22H31N5OS2. The molecule has 3 rings (SSSR count). The van der Waals surface area contributed by atoms with Gasteiger partial charge in [0, 0.05) is 17.3 Å². The lowest BCUT2D eigenvalue weighted by atomic mass is 9.72. The molecule has 1 aliphatic rings. The third-order valence-corrected chi connectivity index (χ3v) is 7.87. The highest BCUT2D eigenvalue weighted by Gasteiger charge is 2.32. The second-order valence-electron chi connectivity index (χ2n) is 9.18. The molecule has 8 heteroatoms. The van der Waals surface area contributed by atoms with E-state index in [1.165, 1.54) is 16.6 Å². The van der Waals surface area contributed by atoms with Crippen LogP contribution in [0.4, 0.5) is 5.00 Å². The van der Waals surface area contributed by atoms with Crippen LogP contribution in [0.2, 0.25) is 0 Å². The summed E-state index contributed by atoms with van der Waals surface area (Å²) < 4.78 is 2.08. The highest BCUT2D eigenvalue weighted by molar-refractivity contribution is 7.99. The fraction of sp³-hybridized carbons (Fsp3) is 0.636. The number of carbonyl (C=O) groups excluding carboxylic acids is 1.